The van der Waals surface area contributed by atoms with E-state index in [1.165, 1.54) is 11.6 Å². The van der Waals surface area contributed by atoms with E-state index in [-0.39, 0.29) is 29.1 Å². The van der Waals surface area contributed by atoms with E-state index in [2.05, 4.69) is 10.2 Å². The highest BCUT2D eigenvalue weighted by Crippen LogP contribution is 2.70. The predicted molar refractivity (Wildman–Crippen MR) is 112 cm³/mol. The summed E-state index contributed by atoms with van der Waals surface area (Å²) in [5.41, 5.74) is 7.07. The van der Waals surface area contributed by atoms with E-state index in [4.69, 9.17) is 4.98 Å². The van der Waals surface area contributed by atoms with Crippen LogP contribution >= 0.6 is 0 Å². The van der Waals surface area contributed by atoms with E-state index < -0.39 is 0 Å². The van der Waals surface area contributed by atoms with Gasteiger partial charge in [0.1, 0.15) is 11.9 Å². The van der Waals surface area contributed by atoms with Crippen LogP contribution in [-0.4, -0.2) is 34.2 Å². The van der Waals surface area contributed by atoms with Crippen molar-refractivity contribution in [3.8, 4) is 11.3 Å². The van der Waals surface area contributed by atoms with Gasteiger partial charge in [-0.1, -0.05) is 6.07 Å². The lowest BCUT2D eigenvalue weighted by Crippen LogP contribution is -2.58. The van der Waals surface area contributed by atoms with E-state index in [9.17, 15) is 9.18 Å². The second-order valence-corrected chi connectivity index (χ2v) is 9.41. The molecule has 4 atom stereocenters. The van der Waals surface area contributed by atoms with E-state index >= 15 is 0 Å². The lowest BCUT2D eigenvalue weighted by atomic mass is 9.82. The lowest BCUT2D eigenvalue weighted by molar-refractivity contribution is -0.133. The van der Waals surface area contributed by atoms with Gasteiger partial charge >= 0.3 is 5.91 Å². The molecule has 1 N–H and O–H groups in total. The zero-order chi connectivity index (χ0) is 20.8. The van der Waals surface area contributed by atoms with Gasteiger partial charge in [-0.15, -0.1) is 0 Å². The van der Waals surface area contributed by atoms with Crippen LogP contribution in [0.1, 0.15) is 41.3 Å². The van der Waals surface area contributed by atoms with Crippen molar-refractivity contribution in [1.29, 1.82) is 0 Å². The van der Waals surface area contributed by atoms with E-state index in [0.717, 1.165) is 46.7 Å². The molecule has 6 rings (SSSR count). The fraction of sp³-hybridized carbons (Fsp3) is 0.375. The summed E-state index contributed by atoms with van der Waals surface area (Å²) in [5.74, 6) is 0.259. The number of quaternary nitrogens is 1. The highest BCUT2D eigenvalue weighted by molar-refractivity contribution is 5.92. The monoisotopic (exact) mass is 403 g/mol. The molecule has 0 bridgehead atoms. The van der Waals surface area contributed by atoms with Crippen molar-refractivity contribution in [3.63, 3.8) is 0 Å². The van der Waals surface area contributed by atoms with Crippen molar-refractivity contribution < 1.29 is 9.18 Å². The van der Waals surface area contributed by atoms with Crippen LogP contribution in [0.4, 0.5) is 10.1 Å². The SMILES string of the molecule is Cc1n[nH]c(C)c1-c1ccc([N+]2(C)C(=O)CC3c4ccc(F)cc4CC34CC42)cn1. The van der Waals surface area contributed by atoms with Gasteiger partial charge in [0, 0.05) is 35.1 Å². The number of likely N-dealkylation sites (tertiary alicyclic amines) is 1. The first kappa shape index (κ1) is 18.0. The molecule has 1 saturated heterocycles. The Kier molecular flexibility index (Phi) is 3.37. The molecule has 4 unspecified atom stereocenters. The topological polar surface area (TPSA) is 58.6 Å². The number of rotatable bonds is 2. The molecule has 1 saturated carbocycles. The molecule has 1 aromatic carbocycles. The summed E-state index contributed by atoms with van der Waals surface area (Å²) >= 11 is 0. The Labute approximate surface area is 174 Å². The number of benzene rings is 1. The van der Waals surface area contributed by atoms with Crippen LogP contribution in [0.3, 0.4) is 0 Å². The van der Waals surface area contributed by atoms with Crippen LogP contribution in [0.5, 0.6) is 0 Å². The zero-order valence-corrected chi connectivity index (χ0v) is 17.4. The quantitative estimate of drug-likeness (QED) is 0.653. The van der Waals surface area contributed by atoms with Gasteiger partial charge in [0.25, 0.3) is 0 Å². The number of nitrogens with zero attached hydrogens (tertiary/aromatic N) is 3. The Morgan fingerprint density at radius 1 is 1.23 bits per heavy atom. The Morgan fingerprint density at radius 3 is 2.77 bits per heavy atom. The molecule has 0 radical (unpaired) electrons. The molecule has 2 fully saturated rings. The molecular formula is C24H24FN4O+. The number of hydrogen-bond donors (Lipinski definition) is 1. The van der Waals surface area contributed by atoms with Crippen molar-refractivity contribution >= 4 is 11.6 Å². The highest BCUT2D eigenvalue weighted by Gasteiger charge is 2.75. The number of carbonyl (C=O) groups excluding carboxylic acids is 1. The summed E-state index contributed by atoms with van der Waals surface area (Å²) in [6.45, 7) is 3.95. The standard InChI is InChI=1S/C24H24FN4O/c1-13-23(14(2)28-27-13)20-7-5-17(12-26-20)29(3)21-11-24(21)10-15-8-16(25)4-6-18(15)19(24)9-22(29)30/h4-8,12,19,21H,9-11H2,1-3H3,(H,27,28)/q+1. The maximum Gasteiger partial charge on any atom is 0.319 e. The molecule has 3 aromatic rings. The van der Waals surface area contributed by atoms with Crippen molar-refractivity contribution in [2.75, 3.05) is 7.05 Å². The third-order valence-electron chi connectivity index (χ3n) is 7.96. The number of amides is 1. The second kappa shape index (κ2) is 5.64. The molecule has 6 heteroatoms. The number of piperidine rings is 1. The minimum absolute atomic E-state index is 0.0786. The molecule has 152 valence electrons. The largest absolute Gasteiger partial charge is 0.319 e. The van der Waals surface area contributed by atoms with E-state index in [1.807, 2.05) is 45.3 Å². The van der Waals surface area contributed by atoms with Gasteiger partial charge in [-0.05, 0) is 49.6 Å². The number of halogens is 1. The molecule has 30 heavy (non-hydrogen) atoms. The van der Waals surface area contributed by atoms with Crippen molar-refractivity contribution in [2.45, 2.75) is 45.1 Å². The van der Waals surface area contributed by atoms with Gasteiger partial charge in [0.15, 0.2) is 5.69 Å². The molecule has 1 spiro atoms. The van der Waals surface area contributed by atoms with Gasteiger partial charge in [-0.25, -0.2) is 18.7 Å². The molecule has 5 nitrogen and oxygen atoms in total. The Balaban J connectivity index is 1.37. The fourth-order valence-electron chi connectivity index (χ4n) is 6.33. The third-order valence-corrected chi connectivity index (χ3v) is 7.96. The molecule has 2 aromatic heterocycles. The van der Waals surface area contributed by atoms with Crippen molar-refractivity contribution in [1.82, 2.24) is 19.7 Å². The van der Waals surface area contributed by atoms with Crippen LogP contribution in [0.25, 0.3) is 11.3 Å². The maximum absolute atomic E-state index is 13.8. The summed E-state index contributed by atoms with van der Waals surface area (Å²) in [6.07, 6.45) is 4.23. The smallest absolute Gasteiger partial charge is 0.282 e. The highest BCUT2D eigenvalue weighted by atomic mass is 19.1. The predicted octanol–water partition coefficient (Wildman–Crippen LogP) is 4.19. The first-order valence-corrected chi connectivity index (χ1v) is 10.5. The van der Waals surface area contributed by atoms with Crippen LogP contribution in [0, 0.1) is 25.1 Å². The number of H-pyrrole nitrogens is 1. The van der Waals surface area contributed by atoms with Gasteiger partial charge in [0.05, 0.1) is 31.1 Å². The van der Waals surface area contributed by atoms with E-state index in [0.29, 0.717) is 10.9 Å². The zero-order valence-electron chi connectivity index (χ0n) is 17.4. The minimum atomic E-state index is -0.186. The molecule has 1 aliphatic heterocycles. The normalized spacial score (nSPS) is 31.3. The number of pyridine rings is 1. The number of aromatic amines is 1. The van der Waals surface area contributed by atoms with Gasteiger partial charge < -0.3 is 0 Å². The fourth-order valence-corrected chi connectivity index (χ4v) is 6.33. The first-order chi connectivity index (χ1) is 14.3. The number of aromatic nitrogens is 3. The summed E-state index contributed by atoms with van der Waals surface area (Å²) in [7, 11) is 2.03. The summed E-state index contributed by atoms with van der Waals surface area (Å²) < 4.78 is 14.1. The van der Waals surface area contributed by atoms with Crippen LogP contribution in [0.15, 0.2) is 36.5 Å². The van der Waals surface area contributed by atoms with Gasteiger partial charge in [-0.3, -0.25) is 5.10 Å². The number of nitrogens with one attached hydrogen (secondary N) is 1. The maximum atomic E-state index is 13.8. The summed E-state index contributed by atoms with van der Waals surface area (Å²) in [6, 6.07) is 9.36. The van der Waals surface area contributed by atoms with Crippen LogP contribution in [0.2, 0.25) is 0 Å². The lowest BCUT2D eigenvalue weighted by Gasteiger charge is -2.39. The van der Waals surface area contributed by atoms with Crippen LogP contribution in [-0.2, 0) is 11.2 Å². The van der Waals surface area contributed by atoms with E-state index in [1.54, 1.807) is 6.07 Å². The molecule has 2 aliphatic carbocycles. The number of aryl methyl sites for hydroxylation is 2. The molecule has 3 aliphatic rings. The average Bonchev–Trinajstić information content (AvgIpc) is 3.26. The van der Waals surface area contributed by atoms with Crippen LogP contribution < -0.4 is 4.48 Å². The van der Waals surface area contributed by atoms with Crippen molar-refractivity contribution in [3.05, 3.63) is 64.9 Å². The summed E-state index contributed by atoms with van der Waals surface area (Å²) in [5, 5.41) is 7.26. The number of carbonyl (C=O) groups is 1. The molecular weight excluding hydrogens is 379 g/mol. The van der Waals surface area contributed by atoms with Gasteiger partial charge in [-0.2, -0.15) is 5.10 Å². The second-order valence-electron chi connectivity index (χ2n) is 9.41. The Bertz CT molecular complexity index is 1200. The van der Waals surface area contributed by atoms with Gasteiger partial charge in [0.2, 0.25) is 0 Å². The Hall–Kier alpha value is -2.86. The summed E-state index contributed by atoms with van der Waals surface area (Å²) in [4.78, 5) is 18.2. The van der Waals surface area contributed by atoms with Crippen molar-refractivity contribution in [2.24, 2.45) is 5.41 Å². The number of hydrogen-bond acceptors (Lipinski definition) is 3. The average molecular weight is 403 g/mol. The Morgan fingerprint density at radius 2 is 2.07 bits per heavy atom. The molecule has 3 heterocycles. The minimum Gasteiger partial charge on any atom is -0.282 e. The number of fused-ring (bicyclic) bond motifs is 2. The third kappa shape index (κ3) is 2.12. The molecule has 1 amide bonds. The first-order valence-electron chi connectivity index (χ1n) is 10.5.